The van der Waals surface area contributed by atoms with Gasteiger partial charge in [0.1, 0.15) is 16.7 Å². The number of anilines is 1. The fourth-order valence-electron chi connectivity index (χ4n) is 5.48. The quantitative estimate of drug-likeness (QED) is 0.683. The number of benzene rings is 2. The van der Waals surface area contributed by atoms with Crippen molar-refractivity contribution in [3.05, 3.63) is 88.5 Å². The molecule has 2 atom stereocenters. The van der Waals surface area contributed by atoms with Crippen LogP contribution in [0.4, 0.5) is 5.69 Å². The molecule has 2 amide bonds. The Bertz CT molecular complexity index is 1340. The first-order valence-electron chi connectivity index (χ1n) is 11.4. The van der Waals surface area contributed by atoms with E-state index in [0.717, 1.165) is 10.5 Å². The Balaban J connectivity index is 1.79. The van der Waals surface area contributed by atoms with E-state index in [1.165, 1.54) is 6.92 Å². The molecule has 0 aromatic heterocycles. The molecule has 2 aromatic rings. The number of amides is 2. The van der Waals surface area contributed by atoms with E-state index < -0.39 is 23.2 Å². The van der Waals surface area contributed by atoms with Crippen LogP contribution in [-0.2, 0) is 34.1 Å². The van der Waals surface area contributed by atoms with Crippen molar-refractivity contribution in [1.82, 2.24) is 0 Å². The zero-order chi connectivity index (χ0) is 24.9. The molecule has 35 heavy (non-hydrogen) atoms. The minimum atomic E-state index is -1.93. The van der Waals surface area contributed by atoms with Gasteiger partial charge in [0.2, 0.25) is 11.8 Å². The number of esters is 1. The molecule has 178 valence electrons. The second kappa shape index (κ2) is 8.23. The number of ketones is 1. The predicted octanol–water partition coefficient (Wildman–Crippen LogP) is 2.98. The summed E-state index contributed by atoms with van der Waals surface area (Å²) in [6, 6.07) is 16.1. The second-order valence-corrected chi connectivity index (χ2v) is 8.73. The highest BCUT2D eigenvalue weighted by Gasteiger charge is 2.65. The first-order chi connectivity index (χ1) is 16.8. The van der Waals surface area contributed by atoms with Crippen LogP contribution >= 0.6 is 0 Å². The summed E-state index contributed by atoms with van der Waals surface area (Å²) in [5, 5.41) is 0. The van der Waals surface area contributed by atoms with Crippen molar-refractivity contribution in [2.75, 3.05) is 11.5 Å². The number of nitrogens with zero attached hydrogens (tertiary/aromatic N) is 1. The highest BCUT2D eigenvalue weighted by Crippen LogP contribution is 2.57. The Morgan fingerprint density at radius 2 is 1.77 bits per heavy atom. The number of carbonyl (C=O) groups is 4. The zero-order valence-corrected chi connectivity index (χ0v) is 19.4. The first-order valence-corrected chi connectivity index (χ1v) is 11.4. The molecule has 5 rings (SSSR count). The van der Waals surface area contributed by atoms with Gasteiger partial charge < -0.3 is 15.2 Å². The van der Waals surface area contributed by atoms with E-state index in [1.54, 1.807) is 31.2 Å². The average molecular weight is 472 g/mol. The van der Waals surface area contributed by atoms with Gasteiger partial charge in [-0.2, -0.15) is 0 Å². The Hall–Kier alpha value is -4.20. The summed E-state index contributed by atoms with van der Waals surface area (Å²) in [5.41, 5.74) is 5.72. The summed E-state index contributed by atoms with van der Waals surface area (Å²) >= 11 is 0. The summed E-state index contributed by atoms with van der Waals surface area (Å²) in [7, 11) is 0. The number of allylic oxidation sites excluding steroid dienone is 1. The lowest BCUT2D eigenvalue weighted by atomic mass is 9.63. The lowest BCUT2D eigenvalue weighted by molar-refractivity contribution is -0.141. The third-order valence-corrected chi connectivity index (χ3v) is 6.79. The van der Waals surface area contributed by atoms with Gasteiger partial charge in [-0.05, 0) is 24.5 Å². The fourth-order valence-corrected chi connectivity index (χ4v) is 5.48. The largest absolute Gasteiger partial charge is 0.462 e. The van der Waals surface area contributed by atoms with Gasteiger partial charge in [0.15, 0.2) is 5.78 Å². The van der Waals surface area contributed by atoms with Crippen LogP contribution < -0.4 is 10.6 Å². The molecule has 0 radical (unpaired) electrons. The SMILES string of the molecule is CCOC(=O)C1=C(N)OC2=C(C(=O)C[C@@H](c3ccccc3)C2)[C@@]12C(=O)N(C(C)=O)c1ccccc12. The normalized spacial score (nSPS) is 23.3. The molecule has 2 N–H and O–H groups in total. The first kappa shape index (κ1) is 22.6. The standard InChI is InChI=1S/C27H24N2O6/c1-3-34-25(32)23-24(28)35-21-14-17(16-9-5-4-6-10-16)13-20(31)22(21)27(23)18-11-7-8-12-19(18)29(15(2)30)26(27)33/h4-12,17H,3,13-14,28H2,1-2H3/t17-,27-/m1/s1. The predicted molar refractivity (Wildman–Crippen MR) is 126 cm³/mol. The van der Waals surface area contributed by atoms with Crippen molar-refractivity contribution in [2.24, 2.45) is 5.73 Å². The molecule has 8 nitrogen and oxygen atoms in total. The van der Waals surface area contributed by atoms with Gasteiger partial charge in [-0.3, -0.25) is 14.4 Å². The van der Waals surface area contributed by atoms with Crippen molar-refractivity contribution in [1.29, 1.82) is 0 Å². The maximum Gasteiger partial charge on any atom is 0.341 e. The van der Waals surface area contributed by atoms with Crippen LogP contribution in [0, 0.1) is 0 Å². The van der Waals surface area contributed by atoms with Crippen molar-refractivity contribution < 1.29 is 28.7 Å². The number of rotatable bonds is 3. The van der Waals surface area contributed by atoms with E-state index in [0.29, 0.717) is 17.7 Å². The van der Waals surface area contributed by atoms with Crippen molar-refractivity contribution in [3.63, 3.8) is 0 Å². The van der Waals surface area contributed by atoms with E-state index in [1.807, 2.05) is 30.3 Å². The number of ether oxygens (including phenoxy) is 2. The van der Waals surface area contributed by atoms with Crippen molar-refractivity contribution in [2.45, 2.75) is 38.0 Å². The highest BCUT2D eigenvalue weighted by atomic mass is 16.5. The Morgan fingerprint density at radius 1 is 1.09 bits per heavy atom. The van der Waals surface area contributed by atoms with Gasteiger partial charge in [0.25, 0.3) is 5.91 Å². The van der Waals surface area contributed by atoms with E-state index in [-0.39, 0.29) is 47.5 Å². The molecular formula is C27H24N2O6. The highest BCUT2D eigenvalue weighted by molar-refractivity contribution is 6.30. The van der Waals surface area contributed by atoms with Crippen LogP contribution in [0.15, 0.2) is 77.4 Å². The number of carbonyl (C=O) groups excluding carboxylic acids is 4. The summed E-state index contributed by atoms with van der Waals surface area (Å²) in [6.07, 6.45) is 0.415. The number of Topliss-reactive ketones (excluding diaryl/α,β-unsaturated/α-hetero) is 1. The second-order valence-electron chi connectivity index (χ2n) is 8.73. The Morgan fingerprint density at radius 3 is 2.46 bits per heavy atom. The molecule has 3 aliphatic rings. The summed E-state index contributed by atoms with van der Waals surface area (Å²) in [4.78, 5) is 54.8. The molecule has 0 bridgehead atoms. The maximum absolute atomic E-state index is 14.2. The lowest BCUT2D eigenvalue weighted by Gasteiger charge is -2.40. The number of para-hydroxylation sites is 1. The number of nitrogens with two attached hydrogens (primary N) is 1. The van der Waals surface area contributed by atoms with Crippen molar-refractivity contribution in [3.8, 4) is 0 Å². The minimum Gasteiger partial charge on any atom is -0.462 e. The zero-order valence-electron chi connectivity index (χ0n) is 19.4. The van der Waals surface area contributed by atoms with Gasteiger partial charge >= 0.3 is 5.97 Å². The monoisotopic (exact) mass is 472 g/mol. The van der Waals surface area contributed by atoms with E-state index in [4.69, 9.17) is 15.2 Å². The molecule has 8 heteroatoms. The molecule has 1 aliphatic carbocycles. The summed E-state index contributed by atoms with van der Waals surface area (Å²) in [6.45, 7) is 2.90. The maximum atomic E-state index is 14.2. The van der Waals surface area contributed by atoms with Crippen LogP contribution in [0.3, 0.4) is 0 Å². The van der Waals surface area contributed by atoms with Crippen LogP contribution in [0.25, 0.3) is 0 Å². The van der Waals surface area contributed by atoms with Crippen LogP contribution in [0.2, 0.25) is 0 Å². The van der Waals surface area contributed by atoms with E-state index >= 15 is 0 Å². The molecule has 0 unspecified atom stereocenters. The minimum absolute atomic E-state index is 0.0217. The molecule has 2 heterocycles. The van der Waals surface area contributed by atoms with Gasteiger partial charge in [-0.15, -0.1) is 0 Å². The number of imide groups is 1. The number of hydrogen-bond donors (Lipinski definition) is 1. The molecule has 0 saturated carbocycles. The average Bonchev–Trinajstić information content (AvgIpc) is 3.08. The summed E-state index contributed by atoms with van der Waals surface area (Å²) < 4.78 is 11.2. The number of fused-ring (bicyclic) bond motifs is 3. The third-order valence-electron chi connectivity index (χ3n) is 6.79. The Kier molecular flexibility index (Phi) is 5.31. The molecule has 2 aromatic carbocycles. The van der Waals surface area contributed by atoms with Crippen LogP contribution in [-0.4, -0.2) is 30.2 Å². The van der Waals surface area contributed by atoms with E-state index in [9.17, 15) is 19.2 Å². The van der Waals surface area contributed by atoms with Gasteiger partial charge in [-0.1, -0.05) is 48.5 Å². The fraction of sp³-hybridized carbons (Fsp3) is 0.259. The van der Waals surface area contributed by atoms with Gasteiger partial charge in [-0.25, -0.2) is 9.69 Å². The van der Waals surface area contributed by atoms with Crippen molar-refractivity contribution >= 4 is 29.3 Å². The number of hydrogen-bond acceptors (Lipinski definition) is 7. The molecule has 1 spiro atoms. The lowest BCUT2D eigenvalue weighted by Crippen LogP contribution is -2.52. The van der Waals surface area contributed by atoms with E-state index in [2.05, 4.69) is 0 Å². The van der Waals surface area contributed by atoms with Crippen LogP contribution in [0.5, 0.6) is 0 Å². The van der Waals surface area contributed by atoms with Crippen LogP contribution in [0.1, 0.15) is 43.7 Å². The third kappa shape index (κ3) is 3.13. The molecule has 0 saturated heterocycles. The molecular weight excluding hydrogens is 448 g/mol. The smallest absolute Gasteiger partial charge is 0.341 e. The topological polar surface area (TPSA) is 116 Å². The Labute approximate surface area is 202 Å². The molecule has 2 aliphatic heterocycles. The summed E-state index contributed by atoms with van der Waals surface area (Å²) in [5.74, 6) is -2.76. The molecule has 0 fully saturated rings. The van der Waals surface area contributed by atoms with Gasteiger partial charge in [0.05, 0.1) is 17.9 Å². The van der Waals surface area contributed by atoms with Gasteiger partial charge in [0, 0.05) is 25.3 Å².